The average molecular weight is 225 g/mol. The molecular weight excluding hydrogens is 218 g/mol. The van der Waals surface area contributed by atoms with Crippen molar-refractivity contribution in [1.29, 1.82) is 0 Å². The highest BCUT2D eigenvalue weighted by Gasteiger charge is 2.34. The molecule has 0 spiro atoms. The predicted molar refractivity (Wildman–Crippen MR) is 48.2 cm³/mol. The number of rotatable bonds is 3. The molecule has 2 heterocycles. The first-order chi connectivity index (χ1) is 7.68. The van der Waals surface area contributed by atoms with Crippen LogP contribution in [-0.4, -0.2) is 39.9 Å². The van der Waals surface area contributed by atoms with Crippen molar-refractivity contribution in [1.82, 2.24) is 9.99 Å². The summed E-state index contributed by atoms with van der Waals surface area (Å²) in [6, 6.07) is 0. The minimum atomic E-state index is -1.17. The molecule has 0 fully saturated rings. The molecule has 0 radical (unpaired) electrons. The van der Waals surface area contributed by atoms with E-state index in [-0.39, 0.29) is 5.89 Å². The number of hydrogen-bond acceptors (Lipinski definition) is 6. The van der Waals surface area contributed by atoms with Crippen molar-refractivity contribution in [2.75, 3.05) is 6.54 Å². The van der Waals surface area contributed by atoms with Crippen LogP contribution in [-0.2, 0) is 14.3 Å². The Bertz CT molecular complexity index is 427. The van der Waals surface area contributed by atoms with E-state index in [1.807, 2.05) is 0 Å². The number of hydrazone groups is 1. The van der Waals surface area contributed by atoms with Crippen molar-refractivity contribution in [2.24, 2.45) is 5.10 Å². The summed E-state index contributed by atoms with van der Waals surface area (Å²) in [4.78, 5) is 25.9. The number of amides is 1. The summed E-state index contributed by atoms with van der Waals surface area (Å²) in [6.07, 6.45) is 2.56. The molecule has 16 heavy (non-hydrogen) atoms. The molecule has 0 aromatic carbocycles. The summed E-state index contributed by atoms with van der Waals surface area (Å²) in [5, 5.41) is 12.8. The Morgan fingerprint density at radius 2 is 2.44 bits per heavy atom. The van der Waals surface area contributed by atoms with Gasteiger partial charge in [0.15, 0.2) is 6.40 Å². The summed E-state index contributed by atoms with van der Waals surface area (Å²) < 4.78 is 9.82. The summed E-state index contributed by atoms with van der Waals surface area (Å²) in [5.41, 5.74) is 0. The molecule has 0 aliphatic carbocycles. The van der Waals surface area contributed by atoms with E-state index in [1.54, 1.807) is 0 Å². The largest absolute Gasteiger partial charge is 0.480 e. The molecule has 1 aliphatic rings. The van der Waals surface area contributed by atoms with E-state index in [0.29, 0.717) is 0 Å². The SMILES string of the molecule is O=C(O)CN1N=COC(c2ncco2)C1=O. The number of hydrogen-bond donors (Lipinski definition) is 1. The van der Waals surface area contributed by atoms with Crippen molar-refractivity contribution in [3.05, 3.63) is 18.4 Å². The lowest BCUT2D eigenvalue weighted by atomic mass is 10.3. The first-order valence-corrected chi connectivity index (χ1v) is 4.29. The molecule has 1 unspecified atom stereocenters. The van der Waals surface area contributed by atoms with Crippen molar-refractivity contribution < 1.29 is 23.8 Å². The van der Waals surface area contributed by atoms with Crippen LogP contribution in [0.5, 0.6) is 0 Å². The molecule has 8 nitrogen and oxygen atoms in total. The van der Waals surface area contributed by atoms with Gasteiger partial charge in [0.1, 0.15) is 12.8 Å². The molecule has 8 heteroatoms. The number of aromatic nitrogens is 1. The zero-order valence-electron chi connectivity index (χ0n) is 7.94. The molecule has 1 N–H and O–H groups in total. The van der Waals surface area contributed by atoms with E-state index >= 15 is 0 Å². The van der Waals surface area contributed by atoms with Gasteiger partial charge in [-0.1, -0.05) is 0 Å². The average Bonchev–Trinajstić information content (AvgIpc) is 2.73. The Labute approximate surface area is 89.1 Å². The molecule has 1 atom stereocenters. The summed E-state index contributed by atoms with van der Waals surface area (Å²) in [6.45, 7) is -0.532. The van der Waals surface area contributed by atoms with Gasteiger partial charge in [0.2, 0.25) is 5.89 Å². The summed E-state index contributed by atoms with van der Waals surface area (Å²) >= 11 is 0. The van der Waals surface area contributed by atoms with Gasteiger partial charge >= 0.3 is 5.97 Å². The van der Waals surface area contributed by atoms with Crippen molar-refractivity contribution in [3.8, 4) is 0 Å². The highest BCUT2D eigenvalue weighted by atomic mass is 16.5. The van der Waals surface area contributed by atoms with Crippen LogP contribution in [0.25, 0.3) is 0 Å². The quantitative estimate of drug-likeness (QED) is 0.750. The lowest BCUT2D eigenvalue weighted by Crippen LogP contribution is -2.39. The Morgan fingerprint density at radius 3 is 3.06 bits per heavy atom. The smallest absolute Gasteiger partial charge is 0.325 e. The standard InChI is InChI=1S/C8H7N3O5/c12-5(13)3-11-8(14)6(16-4-10-11)7-9-1-2-15-7/h1-2,4,6H,3H2,(H,12,13). The van der Waals surface area contributed by atoms with Gasteiger partial charge in [-0.3, -0.25) is 9.59 Å². The normalized spacial score (nSPS) is 19.6. The predicted octanol–water partition coefficient (Wildman–Crippen LogP) is -0.398. The van der Waals surface area contributed by atoms with Gasteiger partial charge in [0.05, 0.1) is 6.20 Å². The molecule has 0 saturated heterocycles. The van der Waals surface area contributed by atoms with E-state index in [0.717, 1.165) is 11.4 Å². The fraction of sp³-hybridized carbons (Fsp3) is 0.250. The summed E-state index contributed by atoms with van der Waals surface area (Å²) in [7, 11) is 0. The number of carboxylic acid groups (broad SMARTS) is 1. The van der Waals surface area contributed by atoms with Gasteiger partial charge in [0, 0.05) is 0 Å². The number of carbonyl (C=O) groups is 2. The number of nitrogens with zero attached hydrogens (tertiary/aromatic N) is 3. The van der Waals surface area contributed by atoms with Crippen molar-refractivity contribution >= 4 is 18.3 Å². The fourth-order valence-corrected chi connectivity index (χ4v) is 1.17. The molecule has 1 aromatic heterocycles. The summed E-state index contributed by atoms with van der Waals surface area (Å²) in [5.74, 6) is -1.74. The molecule has 1 amide bonds. The van der Waals surface area contributed by atoms with Gasteiger partial charge in [-0.15, -0.1) is 5.10 Å². The fourth-order valence-electron chi connectivity index (χ4n) is 1.17. The maximum absolute atomic E-state index is 11.7. The van der Waals surface area contributed by atoms with Crippen LogP contribution >= 0.6 is 0 Å². The van der Waals surface area contributed by atoms with Crippen molar-refractivity contribution in [2.45, 2.75) is 6.10 Å². The highest BCUT2D eigenvalue weighted by molar-refractivity contribution is 5.87. The Hall–Kier alpha value is -2.38. The van der Waals surface area contributed by atoms with Crippen LogP contribution in [0, 0.1) is 0 Å². The van der Waals surface area contributed by atoms with Crippen LogP contribution in [0.3, 0.4) is 0 Å². The zero-order valence-corrected chi connectivity index (χ0v) is 7.94. The van der Waals surface area contributed by atoms with Gasteiger partial charge in [-0.25, -0.2) is 9.99 Å². The Kier molecular flexibility index (Phi) is 2.54. The number of aliphatic carboxylic acids is 1. The van der Waals surface area contributed by atoms with E-state index in [2.05, 4.69) is 10.1 Å². The van der Waals surface area contributed by atoms with Crippen LogP contribution in [0.4, 0.5) is 0 Å². The third-order valence-electron chi connectivity index (χ3n) is 1.82. The number of carbonyl (C=O) groups excluding carboxylic acids is 1. The maximum Gasteiger partial charge on any atom is 0.325 e. The van der Waals surface area contributed by atoms with E-state index in [1.165, 1.54) is 12.5 Å². The van der Waals surface area contributed by atoms with Gasteiger partial charge in [0.25, 0.3) is 12.0 Å². The Balaban J connectivity index is 2.16. The van der Waals surface area contributed by atoms with E-state index in [4.69, 9.17) is 14.3 Å². The second-order valence-electron chi connectivity index (χ2n) is 2.90. The number of ether oxygens (including phenoxy) is 1. The van der Waals surface area contributed by atoms with Gasteiger partial charge in [-0.05, 0) is 0 Å². The topological polar surface area (TPSA) is 105 Å². The maximum atomic E-state index is 11.7. The molecule has 0 bridgehead atoms. The second-order valence-corrected chi connectivity index (χ2v) is 2.90. The van der Waals surface area contributed by atoms with E-state index in [9.17, 15) is 9.59 Å². The molecule has 1 aliphatic heterocycles. The minimum absolute atomic E-state index is 0.0616. The van der Waals surface area contributed by atoms with Crippen LogP contribution in [0.15, 0.2) is 22.0 Å². The van der Waals surface area contributed by atoms with Crippen LogP contribution < -0.4 is 0 Å². The molecule has 2 rings (SSSR count). The van der Waals surface area contributed by atoms with Crippen molar-refractivity contribution in [3.63, 3.8) is 0 Å². The number of oxazole rings is 1. The molecule has 84 valence electrons. The first-order valence-electron chi connectivity index (χ1n) is 4.29. The molecule has 0 saturated carbocycles. The molecular formula is C8H7N3O5. The minimum Gasteiger partial charge on any atom is -0.480 e. The third kappa shape index (κ3) is 1.85. The molecule has 1 aromatic rings. The monoisotopic (exact) mass is 225 g/mol. The highest BCUT2D eigenvalue weighted by Crippen LogP contribution is 2.20. The van der Waals surface area contributed by atoms with Crippen LogP contribution in [0.2, 0.25) is 0 Å². The van der Waals surface area contributed by atoms with E-state index < -0.39 is 24.5 Å². The first kappa shape index (κ1) is 10.1. The van der Waals surface area contributed by atoms with Gasteiger partial charge < -0.3 is 14.3 Å². The third-order valence-corrected chi connectivity index (χ3v) is 1.82. The van der Waals surface area contributed by atoms with Gasteiger partial charge in [-0.2, -0.15) is 0 Å². The lowest BCUT2D eigenvalue weighted by Gasteiger charge is -2.23. The van der Waals surface area contributed by atoms with Crippen LogP contribution in [0.1, 0.15) is 12.0 Å². The number of carboxylic acids is 1. The second kappa shape index (κ2) is 4.01. The Morgan fingerprint density at radius 1 is 1.62 bits per heavy atom. The lowest BCUT2D eigenvalue weighted by molar-refractivity contribution is -0.150. The zero-order chi connectivity index (χ0) is 11.5.